The van der Waals surface area contributed by atoms with Crippen molar-refractivity contribution in [3.63, 3.8) is 0 Å². The Balaban J connectivity index is 3.25. The molecule has 0 aromatic rings. The maximum atomic E-state index is 10.0. The molecule has 3 nitrogen and oxygen atoms in total. The van der Waals surface area contributed by atoms with E-state index in [1.165, 1.54) is 167 Å². The Morgan fingerprint density at radius 3 is 0.923 bits per heavy atom. The molecule has 0 aliphatic rings. The first kappa shape index (κ1) is 38.5. The van der Waals surface area contributed by atoms with Crippen LogP contribution in [0.2, 0.25) is 0 Å². The van der Waals surface area contributed by atoms with Crippen LogP contribution < -0.4 is 0 Å². The Morgan fingerprint density at radius 1 is 0.410 bits per heavy atom. The molecule has 2 atom stereocenters. The smallest absolute Gasteiger partial charge is 0.128 e. The fraction of sp³-hybridized carbons (Fsp3) is 0.944. The fourth-order valence-electron chi connectivity index (χ4n) is 5.59. The summed E-state index contributed by atoms with van der Waals surface area (Å²) in [5.74, 6) is 0. The molecule has 3 heteroatoms. The zero-order chi connectivity index (χ0) is 28.7. The van der Waals surface area contributed by atoms with Gasteiger partial charge in [-0.3, -0.25) is 0 Å². The second kappa shape index (κ2) is 32.0. The molecule has 0 aromatic carbocycles. The van der Waals surface area contributed by atoms with Crippen LogP contribution in [-0.2, 0) is 0 Å². The van der Waals surface area contributed by atoms with Gasteiger partial charge in [0.15, 0.2) is 0 Å². The van der Waals surface area contributed by atoms with E-state index in [-0.39, 0.29) is 0 Å². The van der Waals surface area contributed by atoms with Gasteiger partial charge < -0.3 is 15.1 Å². The van der Waals surface area contributed by atoms with Gasteiger partial charge in [0, 0.05) is 6.20 Å². The second-order valence-corrected chi connectivity index (χ2v) is 12.2. The quantitative estimate of drug-likeness (QED) is 0.0645. The van der Waals surface area contributed by atoms with Crippen LogP contribution in [0.4, 0.5) is 0 Å². The highest BCUT2D eigenvalue weighted by Crippen LogP contribution is 2.16. The molecule has 2 unspecified atom stereocenters. The van der Waals surface area contributed by atoms with Crippen molar-refractivity contribution in [2.24, 2.45) is 0 Å². The minimum atomic E-state index is -0.592. The molecule has 0 bridgehead atoms. The van der Waals surface area contributed by atoms with Gasteiger partial charge in [0.1, 0.15) is 12.5 Å². The largest absolute Gasteiger partial charge is 0.374 e. The standard InChI is InChI=1S/C36H73NO2/c1-4-7-8-9-10-11-12-13-14-15-16-17-18-19-20-21-22-23-24-25-26-27-28-29-30-31-32-33-34-37(35(38)5-2)36(39)6-3/h33-36,38-39H,4-32H2,1-3H3. The summed E-state index contributed by atoms with van der Waals surface area (Å²) in [6, 6.07) is 0. The molecule has 0 saturated heterocycles. The molecule has 0 fully saturated rings. The summed E-state index contributed by atoms with van der Waals surface area (Å²) in [5, 5.41) is 20.1. The summed E-state index contributed by atoms with van der Waals surface area (Å²) in [6.07, 6.45) is 42.2. The van der Waals surface area contributed by atoms with Crippen LogP contribution in [0.1, 0.15) is 207 Å². The first-order valence-electron chi connectivity index (χ1n) is 18.0. The third-order valence-corrected chi connectivity index (χ3v) is 8.42. The maximum absolute atomic E-state index is 10.0. The molecule has 2 N–H and O–H groups in total. The van der Waals surface area contributed by atoms with Crippen LogP contribution in [0.25, 0.3) is 0 Å². The predicted octanol–water partition coefficient (Wildman–Crippen LogP) is 11.8. The minimum absolute atomic E-state index is 0.592. The Bertz CT molecular complexity index is 471. The van der Waals surface area contributed by atoms with Crippen molar-refractivity contribution in [1.29, 1.82) is 0 Å². The SMILES string of the molecule is CCCCCCCCCCCCCCCCCCCCCCCCCCCCC=CN(C(O)CC)C(O)CC. The normalized spacial score (nSPS) is 13.4. The van der Waals surface area contributed by atoms with Gasteiger partial charge in [-0.25, -0.2) is 0 Å². The van der Waals surface area contributed by atoms with E-state index in [2.05, 4.69) is 13.0 Å². The third kappa shape index (κ3) is 27.4. The van der Waals surface area contributed by atoms with Crippen LogP contribution >= 0.6 is 0 Å². The molecule has 0 aliphatic heterocycles. The van der Waals surface area contributed by atoms with E-state index in [0.29, 0.717) is 12.8 Å². The number of aliphatic hydroxyl groups excluding tert-OH is 2. The van der Waals surface area contributed by atoms with Gasteiger partial charge in [-0.2, -0.15) is 0 Å². The lowest BCUT2D eigenvalue weighted by atomic mass is 10.0. The Labute approximate surface area is 246 Å². The Kier molecular flexibility index (Phi) is 31.5. The van der Waals surface area contributed by atoms with Crippen LogP contribution in [-0.4, -0.2) is 27.6 Å². The summed E-state index contributed by atoms with van der Waals surface area (Å²) in [6.45, 7) is 6.18. The van der Waals surface area contributed by atoms with Crippen molar-refractivity contribution < 1.29 is 10.2 Å². The molecule has 0 aromatic heterocycles. The minimum Gasteiger partial charge on any atom is -0.374 e. The van der Waals surface area contributed by atoms with Crippen molar-refractivity contribution in [2.75, 3.05) is 0 Å². The highest BCUT2D eigenvalue weighted by Gasteiger charge is 2.16. The van der Waals surface area contributed by atoms with Crippen molar-refractivity contribution >= 4 is 0 Å². The maximum Gasteiger partial charge on any atom is 0.128 e. The van der Waals surface area contributed by atoms with Crippen molar-refractivity contribution in [3.05, 3.63) is 12.3 Å². The summed E-state index contributed by atoms with van der Waals surface area (Å²) in [5.41, 5.74) is 0. The fourth-order valence-corrected chi connectivity index (χ4v) is 5.59. The predicted molar refractivity (Wildman–Crippen MR) is 174 cm³/mol. The van der Waals surface area contributed by atoms with Gasteiger partial charge >= 0.3 is 0 Å². The van der Waals surface area contributed by atoms with E-state index in [1.807, 2.05) is 20.0 Å². The summed E-state index contributed by atoms with van der Waals surface area (Å²) < 4.78 is 0. The van der Waals surface area contributed by atoms with Crippen LogP contribution in [0.5, 0.6) is 0 Å². The van der Waals surface area contributed by atoms with Gasteiger partial charge in [0.2, 0.25) is 0 Å². The van der Waals surface area contributed by atoms with E-state index in [9.17, 15) is 10.2 Å². The number of nitrogens with zero attached hydrogens (tertiary/aromatic N) is 1. The van der Waals surface area contributed by atoms with Gasteiger partial charge in [-0.1, -0.05) is 187 Å². The number of rotatable bonds is 32. The molecule has 234 valence electrons. The topological polar surface area (TPSA) is 43.7 Å². The summed E-state index contributed by atoms with van der Waals surface area (Å²) in [7, 11) is 0. The average Bonchev–Trinajstić information content (AvgIpc) is 2.95. The Morgan fingerprint density at radius 2 is 0.667 bits per heavy atom. The lowest BCUT2D eigenvalue weighted by Gasteiger charge is -2.30. The van der Waals surface area contributed by atoms with E-state index in [1.54, 1.807) is 4.90 Å². The number of hydrogen-bond acceptors (Lipinski definition) is 3. The van der Waals surface area contributed by atoms with Crippen molar-refractivity contribution in [3.8, 4) is 0 Å². The zero-order valence-electron chi connectivity index (χ0n) is 27.2. The van der Waals surface area contributed by atoms with Crippen LogP contribution in [0, 0.1) is 0 Å². The molecule has 0 radical (unpaired) electrons. The van der Waals surface area contributed by atoms with Crippen LogP contribution in [0.3, 0.4) is 0 Å². The lowest BCUT2D eigenvalue weighted by Crippen LogP contribution is -2.38. The van der Waals surface area contributed by atoms with Gasteiger partial charge in [0.05, 0.1) is 0 Å². The van der Waals surface area contributed by atoms with Gasteiger partial charge in [0.25, 0.3) is 0 Å². The average molecular weight is 552 g/mol. The first-order valence-corrected chi connectivity index (χ1v) is 18.0. The molecule has 0 rings (SSSR count). The number of unbranched alkanes of at least 4 members (excludes halogenated alkanes) is 26. The van der Waals surface area contributed by atoms with E-state index >= 15 is 0 Å². The summed E-state index contributed by atoms with van der Waals surface area (Å²) >= 11 is 0. The molecule has 0 saturated carbocycles. The molecule has 39 heavy (non-hydrogen) atoms. The first-order chi connectivity index (χ1) is 19.2. The monoisotopic (exact) mass is 552 g/mol. The van der Waals surface area contributed by atoms with Crippen molar-refractivity contribution in [1.82, 2.24) is 4.90 Å². The lowest BCUT2D eigenvalue weighted by molar-refractivity contribution is -0.0725. The zero-order valence-corrected chi connectivity index (χ0v) is 27.2. The number of hydrogen-bond donors (Lipinski definition) is 2. The van der Waals surface area contributed by atoms with Gasteiger partial charge in [-0.05, 0) is 25.7 Å². The van der Waals surface area contributed by atoms with E-state index in [4.69, 9.17) is 0 Å². The Hall–Kier alpha value is -0.540. The molecule has 0 aliphatic carbocycles. The third-order valence-electron chi connectivity index (χ3n) is 8.42. The van der Waals surface area contributed by atoms with E-state index < -0.39 is 12.5 Å². The molecular formula is C36H73NO2. The second-order valence-electron chi connectivity index (χ2n) is 12.2. The number of aliphatic hydroxyl groups is 2. The van der Waals surface area contributed by atoms with Crippen molar-refractivity contribution in [2.45, 2.75) is 219 Å². The molecule has 0 spiro atoms. The van der Waals surface area contributed by atoms with E-state index in [0.717, 1.165) is 6.42 Å². The number of allylic oxidation sites excluding steroid dienone is 1. The highest BCUT2D eigenvalue weighted by molar-refractivity contribution is 4.85. The summed E-state index contributed by atoms with van der Waals surface area (Å²) in [4.78, 5) is 1.68. The van der Waals surface area contributed by atoms with Gasteiger partial charge in [-0.15, -0.1) is 0 Å². The van der Waals surface area contributed by atoms with Crippen LogP contribution in [0.15, 0.2) is 12.3 Å². The molecule has 0 amide bonds. The molecule has 0 heterocycles. The highest BCUT2D eigenvalue weighted by atomic mass is 16.3. The molecular weight excluding hydrogens is 478 g/mol.